The van der Waals surface area contributed by atoms with Crippen molar-refractivity contribution in [1.29, 1.82) is 0 Å². The van der Waals surface area contributed by atoms with Crippen LogP contribution in [-0.2, 0) is 11.2 Å². The number of benzene rings is 1. The van der Waals surface area contributed by atoms with Gasteiger partial charge in [0, 0.05) is 19.2 Å². The highest BCUT2D eigenvalue weighted by Crippen LogP contribution is 2.20. The highest BCUT2D eigenvalue weighted by Gasteiger charge is 2.29. The Hall–Kier alpha value is -1.39. The van der Waals surface area contributed by atoms with Crippen LogP contribution in [-0.4, -0.2) is 41.1 Å². The first-order valence-corrected chi connectivity index (χ1v) is 7.93. The van der Waals surface area contributed by atoms with Crippen molar-refractivity contribution in [3.63, 3.8) is 0 Å². The van der Waals surface area contributed by atoms with Crippen LogP contribution in [0.2, 0.25) is 0 Å². The van der Waals surface area contributed by atoms with E-state index in [2.05, 4.69) is 12.1 Å². The molecule has 2 atom stereocenters. The Morgan fingerprint density at radius 1 is 1.33 bits per heavy atom. The summed E-state index contributed by atoms with van der Waals surface area (Å²) in [6.07, 6.45) is 5.32. The molecule has 0 spiro atoms. The molecule has 0 aliphatic carbocycles. The van der Waals surface area contributed by atoms with E-state index in [1.54, 1.807) is 0 Å². The molecule has 1 saturated heterocycles. The monoisotopic (exact) mass is 290 g/mol. The Morgan fingerprint density at radius 3 is 2.81 bits per heavy atom. The Labute approximate surface area is 126 Å². The average Bonchev–Trinajstić information content (AvgIpc) is 2.54. The van der Waals surface area contributed by atoms with E-state index in [1.165, 1.54) is 5.56 Å². The topological polar surface area (TPSA) is 66.6 Å². The Kier molecular flexibility index (Phi) is 6.21. The molecule has 0 saturated carbocycles. The van der Waals surface area contributed by atoms with E-state index in [4.69, 9.17) is 10.8 Å². The molecule has 1 aromatic rings. The number of hydrogen-bond acceptors (Lipinski definition) is 3. The molecule has 4 heteroatoms. The number of aliphatic hydroxyl groups excluding tert-OH is 1. The maximum atomic E-state index is 12.5. The number of likely N-dealkylation sites (tertiary alicyclic amines) is 1. The Bertz CT molecular complexity index is 434. The van der Waals surface area contributed by atoms with Crippen LogP contribution >= 0.6 is 0 Å². The fraction of sp³-hybridized carbons (Fsp3) is 0.588. The van der Waals surface area contributed by atoms with E-state index < -0.39 is 6.04 Å². The number of piperidine rings is 1. The van der Waals surface area contributed by atoms with Gasteiger partial charge in [0.2, 0.25) is 5.91 Å². The Morgan fingerprint density at radius 2 is 2.10 bits per heavy atom. The first-order chi connectivity index (χ1) is 10.2. The number of carbonyl (C=O) groups is 1. The van der Waals surface area contributed by atoms with Crippen LogP contribution in [0.1, 0.15) is 37.7 Å². The van der Waals surface area contributed by atoms with Gasteiger partial charge in [-0.1, -0.05) is 30.3 Å². The van der Waals surface area contributed by atoms with Gasteiger partial charge in [0.1, 0.15) is 0 Å². The fourth-order valence-electron chi connectivity index (χ4n) is 3.04. The molecule has 1 fully saturated rings. The number of nitrogens with zero attached hydrogens (tertiary/aromatic N) is 1. The molecule has 2 rings (SSSR count). The number of carbonyl (C=O) groups excluding carboxylic acids is 1. The molecule has 1 aliphatic rings. The molecule has 21 heavy (non-hydrogen) atoms. The van der Waals surface area contributed by atoms with Crippen molar-refractivity contribution in [2.45, 2.75) is 50.6 Å². The third-order valence-electron chi connectivity index (χ3n) is 4.28. The summed E-state index contributed by atoms with van der Waals surface area (Å²) in [4.78, 5) is 14.4. The van der Waals surface area contributed by atoms with Gasteiger partial charge in [-0.3, -0.25) is 4.79 Å². The minimum absolute atomic E-state index is 0.0454. The minimum atomic E-state index is -0.440. The SMILES string of the molecule is NC(CCc1ccccc1)C(=O)N1CCCCC1CCO. The second-order valence-electron chi connectivity index (χ2n) is 5.82. The quantitative estimate of drug-likeness (QED) is 0.838. The highest BCUT2D eigenvalue weighted by atomic mass is 16.3. The lowest BCUT2D eigenvalue weighted by molar-refractivity contribution is -0.136. The summed E-state index contributed by atoms with van der Waals surface area (Å²) in [7, 11) is 0. The largest absolute Gasteiger partial charge is 0.396 e. The van der Waals surface area contributed by atoms with E-state index in [1.807, 2.05) is 23.1 Å². The molecule has 3 N–H and O–H groups in total. The van der Waals surface area contributed by atoms with Crippen molar-refractivity contribution in [3.05, 3.63) is 35.9 Å². The minimum Gasteiger partial charge on any atom is -0.396 e. The second kappa shape index (κ2) is 8.15. The standard InChI is InChI=1S/C17H26N2O2/c18-16(10-9-14-6-2-1-3-7-14)17(21)19-12-5-4-8-15(19)11-13-20/h1-3,6-7,15-16,20H,4-5,8-13,18H2. The van der Waals surface area contributed by atoms with Gasteiger partial charge in [-0.25, -0.2) is 0 Å². The van der Waals surface area contributed by atoms with Crippen molar-refractivity contribution in [3.8, 4) is 0 Å². The summed E-state index contributed by atoms with van der Waals surface area (Å²) in [6, 6.07) is 9.85. The van der Waals surface area contributed by atoms with Crippen molar-refractivity contribution in [2.24, 2.45) is 5.73 Å². The zero-order valence-corrected chi connectivity index (χ0v) is 12.6. The normalized spacial score (nSPS) is 20.3. The molecule has 1 aromatic carbocycles. The van der Waals surface area contributed by atoms with E-state index >= 15 is 0 Å². The molecule has 1 amide bonds. The van der Waals surface area contributed by atoms with Gasteiger partial charge in [0.25, 0.3) is 0 Å². The van der Waals surface area contributed by atoms with Crippen molar-refractivity contribution in [2.75, 3.05) is 13.2 Å². The lowest BCUT2D eigenvalue weighted by atomic mass is 9.97. The third-order valence-corrected chi connectivity index (χ3v) is 4.28. The molecule has 2 unspecified atom stereocenters. The smallest absolute Gasteiger partial charge is 0.239 e. The first kappa shape index (κ1) is 16.0. The second-order valence-corrected chi connectivity index (χ2v) is 5.82. The van der Waals surface area contributed by atoms with Crippen LogP contribution in [0.4, 0.5) is 0 Å². The highest BCUT2D eigenvalue weighted by molar-refractivity contribution is 5.82. The summed E-state index contributed by atoms with van der Waals surface area (Å²) < 4.78 is 0. The summed E-state index contributed by atoms with van der Waals surface area (Å²) in [6.45, 7) is 0.913. The first-order valence-electron chi connectivity index (χ1n) is 7.93. The van der Waals surface area contributed by atoms with E-state index in [-0.39, 0.29) is 18.6 Å². The van der Waals surface area contributed by atoms with Gasteiger partial charge in [-0.05, 0) is 44.1 Å². The predicted molar refractivity (Wildman–Crippen MR) is 83.8 cm³/mol. The zero-order valence-electron chi connectivity index (χ0n) is 12.6. The lowest BCUT2D eigenvalue weighted by Gasteiger charge is -2.37. The summed E-state index contributed by atoms with van der Waals surface area (Å²) in [5.74, 6) is 0.0454. The van der Waals surface area contributed by atoms with Crippen molar-refractivity contribution >= 4 is 5.91 Å². The molecule has 116 valence electrons. The summed E-state index contributed by atoms with van der Waals surface area (Å²) >= 11 is 0. The van der Waals surface area contributed by atoms with Crippen LogP contribution in [0, 0.1) is 0 Å². The van der Waals surface area contributed by atoms with E-state index in [0.29, 0.717) is 12.8 Å². The van der Waals surface area contributed by atoms with Crippen LogP contribution in [0.5, 0.6) is 0 Å². The van der Waals surface area contributed by atoms with Crippen LogP contribution in [0.3, 0.4) is 0 Å². The van der Waals surface area contributed by atoms with E-state index in [0.717, 1.165) is 32.2 Å². The van der Waals surface area contributed by atoms with Crippen LogP contribution in [0.15, 0.2) is 30.3 Å². The predicted octanol–water partition coefficient (Wildman–Crippen LogP) is 1.71. The lowest BCUT2D eigenvalue weighted by Crippen LogP contribution is -2.51. The Balaban J connectivity index is 1.88. The number of aryl methyl sites for hydroxylation is 1. The van der Waals surface area contributed by atoms with Crippen LogP contribution in [0.25, 0.3) is 0 Å². The van der Waals surface area contributed by atoms with Crippen molar-refractivity contribution < 1.29 is 9.90 Å². The molecule has 0 radical (unpaired) electrons. The zero-order chi connectivity index (χ0) is 15.1. The van der Waals surface area contributed by atoms with Gasteiger partial charge in [0.05, 0.1) is 6.04 Å². The van der Waals surface area contributed by atoms with Gasteiger partial charge in [-0.15, -0.1) is 0 Å². The number of amides is 1. The van der Waals surface area contributed by atoms with Gasteiger partial charge in [-0.2, -0.15) is 0 Å². The van der Waals surface area contributed by atoms with Crippen molar-refractivity contribution in [1.82, 2.24) is 4.90 Å². The number of hydrogen-bond donors (Lipinski definition) is 2. The number of aliphatic hydroxyl groups is 1. The maximum Gasteiger partial charge on any atom is 0.239 e. The molecule has 0 bridgehead atoms. The van der Waals surface area contributed by atoms with Gasteiger partial charge in [0.15, 0.2) is 0 Å². The molecular weight excluding hydrogens is 264 g/mol. The third kappa shape index (κ3) is 4.55. The van der Waals surface area contributed by atoms with Gasteiger partial charge < -0.3 is 15.7 Å². The summed E-state index contributed by atoms with van der Waals surface area (Å²) in [5.41, 5.74) is 7.31. The molecule has 1 aliphatic heterocycles. The molecule has 1 heterocycles. The maximum absolute atomic E-state index is 12.5. The molecular formula is C17H26N2O2. The average molecular weight is 290 g/mol. The van der Waals surface area contributed by atoms with E-state index in [9.17, 15) is 4.79 Å². The molecule has 0 aromatic heterocycles. The van der Waals surface area contributed by atoms with Gasteiger partial charge >= 0.3 is 0 Å². The molecule has 4 nitrogen and oxygen atoms in total. The number of nitrogens with two attached hydrogens (primary N) is 1. The van der Waals surface area contributed by atoms with Crippen LogP contribution < -0.4 is 5.73 Å². The fourth-order valence-corrected chi connectivity index (χ4v) is 3.04. The summed E-state index contributed by atoms with van der Waals surface area (Å²) in [5, 5.41) is 9.14. The number of rotatable bonds is 6.